The Morgan fingerprint density at radius 2 is 2.00 bits per heavy atom. The molecule has 0 aromatic heterocycles. The lowest BCUT2D eigenvalue weighted by atomic mass is 10.0. The summed E-state index contributed by atoms with van der Waals surface area (Å²) in [6.45, 7) is 1.61. The Labute approximate surface area is 118 Å². The van der Waals surface area contributed by atoms with Gasteiger partial charge in [0.2, 0.25) is 0 Å². The van der Waals surface area contributed by atoms with Gasteiger partial charge in [-0.05, 0) is 55.4 Å². The van der Waals surface area contributed by atoms with Gasteiger partial charge in [-0.25, -0.2) is 4.39 Å². The number of hydrogen-bond acceptors (Lipinski definition) is 2. The number of hydrogen-bond donors (Lipinski definition) is 1. The van der Waals surface area contributed by atoms with E-state index >= 15 is 0 Å². The molecular weight excluding hydrogens is 263 g/mol. The smallest absolute Gasteiger partial charge is 0.125 e. The topological polar surface area (TPSA) is 29.3 Å². The van der Waals surface area contributed by atoms with E-state index in [0.29, 0.717) is 17.6 Å². The lowest BCUT2D eigenvalue weighted by Crippen LogP contribution is -2.37. The van der Waals surface area contributed by atoms with Crippen LogP contribution >= 0.6 is 11.6 Å². The van der Waals surface area contributed by atoms with Gasteiger partial charge in [0.15, 0.2) is 0 Å². The molecule has 1 aromatic rings. The molecule has 0 amide bonds. The maximum atomic E-state index is 13.5. The maximum absolute atomic E-state index is 13.5. The summed E-state index contributed by atoms with van der Waals surface area (Å²) < 4.78 is 13.5. The minimum Gasteiger partial charge on any atom is -0.329 e. The van der Waals surface area contributed by atoms with Gasteiger partial charge < -0.3 is 5.73 Å². The highest BCUT2D eigenvalue weighted by molar-refractivity contribution is 6.30. The highest BCUT2D eigenvalue weighted by Gasteiger charge is 2.37. The van der Waals surface area contributed by atoms with Crippen LogP contribution in [0, 0.1) is 11.7 Å². The molecule has 19 heavy (non-hydrogen) atoms. The van der Waals surface area contributed by atoms with Crippen molar-refractivity contribution < 1.29 is 4.39 Å². The van der Waals surface area contributed by atoms with Crippen molar-refractivity contribution >= 4 is 11.6 Å². The van der Waals surface area contributed by atoms with Gasteiger partial charge in [0.1, 0.15) is 5.82 Å². The molecule has 3 rings (SSSR count). The summed E-state index contributed by atoms with van der Waals surface area (Å²) >= 11 is 5.97. The first-order valence-corrected chi connectivity index (χ1v) is 7.47. The Kier molecular flexibility index (Phi) is 3.79. The Balaban J connectivity index is 1.83. The Bertz CT molecular complexity index is 437. The molecule has 0 saturated heterocycles. The zero-order valence-corrected chi connectivity index (χ0v) is 11.7. The number of rotatable bonds is 6. The van der Waals surface area contributed by atoms with Gasteiger partial charge in [-0.15, -0.1) is 0 Å². The average Bonchev–Trinajstić information content (AvgIpc) is 3.22. The van der Waals surface area contributed by atoms with E-state index in [0.717, 1.165) is 18.0 Å². The highest BCUT2D eigenvalue weighted by Crippen LogP contribution is 2.39. The third-order valence-electron chi connectivity index (χ3n) is 4.08. The van der Waals surface area contributed by atoms with Crippen LogP contribution < -0.4 is 5.73 Å². The SMILES string of the molecule is NCC(c1cc(F)cc(Cl)c1)N(CC1CC1)C1CC1. The fourth-order valence-electron chi connectivity index (χ4n) is 2.77. The van der Waals surface area contributed by atoms with Gasteiger partial charge in [-0.1, -0.05) is 11.6 Å². The Morgan fingerprint density at radius 1 is 1.26 bits per heavy atom. The Morgan fingerprint density at radius 3 is 2.53 bits per heavy atom. The summed E-state index contributed by atoms with van der Waals surface area (Å²) in [5, 5.41) is 0.454. The molecule has 0 bridgehead atoms. The largest absolute Gasteiger partial charge is 0.329 e. The normalized spacial score (nSPS) is 20.8. The molecular formula is C15H20ClFN2. The zero-order chi connectivity index (χ0) is 13.4. The first-order valence-electron chi connectivity index (χ1n) is 7.09. The molecule has 4 heteroatoms. The van der Waals surface area contributed by atoms with E-state index in [-0.39, 0.29) is 11.9 Å². The zero-order valence-electron chi connectivity index (χ0n) is 11.0. The summed E-state index contributed by atoms with van der Waals surface area (Å²) in [6.07, 6.45) is 5.13. The van der Waals surface area contributed by atoms with Crippen LogP contribution in [0.3, 0.4) is 0 Å². The number of nitrogens with two attached hydrogens (primary N) is 1. The molecule has 1 unspecified atom stereocenters. The molecule has 2 aliphatic rings. The van der Waals surface area contributed by atoms with Crippen LogP contribution in [-0.2, 0) is 0 Å². The van der Waals surface area contributed by atoms with Crippen molar-refractivity contribution in [3.05, 3.63) is 34.6 Å². The van der Waals surface area contributed by atoms with Gasteiger partial charge in [0, 0.05) is 30.2 Å². The van der Waals surface area contributed by atoms with Gasteiger partial charge in [-0.2, -0.15) is 0 Å². The molecule has 2 fully saturated rings. The number of nitrogens with zero attached hydrogens (tertiary/aromatic N) is 1. The summed E-state index contributed by atoms with van der Waals surface area (Å²) in [4.78, 5) is 2.47. The molecule has 0 heterocycles. The second kappa shape index (κ2) is 5.39. The van der Waals surface area contributed by atoms with Crippen LogP contribution in [0.4, 0.5) is 4.39 Å². The van der Waals surface area contributed by atoms with E-state index in [1.165, 1.54) is 31.7 Å². The fourth-order valence-corrected chi connectivity index (χ4v) is 3.00. The molecule has 2 aliphatic carbocycles. The second-order valence-electron chi connectivity index (χ2n) is 5.83. The third-order valence-corrected chi connectivity index (χ3v) is 4.29. The quantitative estimate of drug-likeness (QED) is 0.867. The predicted octanol–water partition coefficient (Wildman–Crippen LogP) is 3.35. The average molecular weight is 283 g/mol. The van der Waals surface area contributed by atoms with Gasteiger partial charge in [0.25, 0.3) is 0 Å². The van der Waals surface area contributed by atoms with Gasteiger partial charge in [0.05, 0.1) is 0 Å². The lowest BCUT2D eigenvalue weighted by Gasteiger charge is -2.31. The van der Waals surface area contributed by atoms with Crippen LogP contribution in [0.1, 0.15) is 37.3 Å². The van der Waals surface area contributed by atoms with Crippen LogP contribution in [0.25, 0.3) is 0 Å². The number of halogens is 2. The Hall–Kier alpha value is -0.640. The van der Waals surface area contributed by atoms with Crippen molar-refractivity contribution in [3.8, 4) is 0 Å². The summed E-state index contributed by atoms with van der Waals surface area (Å²) in [7, 11) is 0. The van der Waals surface area contributed by atoms with Crippen LogP contribution in [0.5, 0.6) is 0 Å². The molecule has 0 radical (unpaired) electrons. The van der Waals surface area contributed by atoms with Gasteiger partial charge in [-0.3, -0.25) is 4.90 Å². The first-order chi connectivity index (χ1) is 9.17. The van der Waals surface area contributed by atoms with Crippen molar-refractivity contribution in [1.29, 1.82) is 0 Å². The molecule has 2 N–H and O–H groups in total. The van der Waals surface area contributed by atoms with Crippen molar-refractivity contribution in [2.75, 3.05) is 13.1 Å². The minimum absolute atomic E-state index is 0.0984. The number of benzene rings is 1. The maximum Gasteiger partial charge on any atom is 0.125 e. The summed E-state index contributed by atoms with van der Waals surface area (Å²) in [5.74, 6) is 0.543. The van der Waals surface area contributed by atoms with E-state index in [4.69, 9.17) is 17.3 Å². The van der Waals surface area contributed by atoms with E-state index in [9.17, 15) is 4.39 Å². The van der Waals surface area contributed by atoms with E-state index in [2.05, 4.69) is 4.90 Å². The summed E-state index contributed by atoms with van der Waals surface area (Å²) in [6, 6.07) is 5.51. The molecule has 1 aromatic carbocycles. The molecule has 0 spiro atoms. The first kappa shape index (κ1) is 13.3. The van der Waals surface area contributed by atoms with Crippen molar-refractivity contribution in [2.45, 2.75) is 37.8 Å². The minimum atomic E-state index is -0.275. The fraction of sp³-hybridized carbons (Fsp3) is 0.600. The van der Waals surface area contributed by atoms with Crippen molar-refractivity contribution in [2.24, 2.45) is 11.7 Å². The van der Waals surface area contributed by atoms with Crippen molar-refractivity contribution in [1.82, 2.24) is 4.90 Å². The van der Waals surface area contributed by atoms with E-state index < -0.39 is 0 Å². The molecule has 2 saturated carbocycles. The van der Waals surface area contributed by atoms with E-state index in [1.807, 2.05) is 6.07 Å². The van der Waals surface area contributed by atoms with Gasteiger partial charge >= 0.3 is 0 Å². The van der Waals surface area contributed by atoms with E-state index in [1.54, 1.807) is 6.07 Å². The molecule has 2 nitrogen and oxygen atoms in total. The standard InChI is InChI=1S/C15H20ClFN2/c16-12-5-11(6-13(17)7-12)15(8-18)19(14-3-4-14)9-10-1-2-10/h5-7,10,14-15H,1-4,8-9,18H2. The molecule has 104 valence electrons. The molecule has 0 aliphatic heterocycles. The van der Waals surface area contributed by atoms with Crippen LogP contribution in [0.2, 0.25) is 5.02 Å². The monoisotopic (exact) mass is 282 g/mol. The second-order valence-corrected chi connectivity index (χ2v) is 6.26. The van der Waals surface area contributed by atoms with Crippen LogP contribution in [-0.4, -0.2) is 24.0 Å². The van der Waals surface area contributed by atoms with Crippen molar-refractivity contribution in [3.63, 3.8) is 0 Å². The summed E-state index contributed by atoms with van der Waals surface area (Å²) in [5.41, 5.74) is 6.88. The lowest BCUT2D eigenvalue weighted by molar-refractivity contribution is 0.182. The third kappa shape index (κ3) is 3.28. The van der Waals surface area contributed by atoms with Crippen LogP contribution in [0.15, 0.2) is 18.2 Å². The molecule has 1 atom stereocenters. The highest BCUT2D eigenvalue weighted by atomic mass is 35.5. The predicted molar refractivity (Wildman–Crippen MR) is 75.7 cm³/mol.